The molecule has 0 heterocycles. The van der Waals surface area contributed by atoms with E-state index in [0.29, 0.717) is 16.7 Å². The van der Waals surface area contributed by atoms with Crippen LogP contribution in [0.4, 0.5) is 5.69 Å². The van der Waals surface area contributed by atoms with Gasteiger partial charge in [-0.1, -0.05) is 41.4 Å². The number of rotatable bonds is 7. The van der Waals surface area contributed by atoms with Crippen LogP contribution in [0.2, 0.25) is 10.0 Å². The molecule has 0 fully saturated rings. The Hall–Kier alpha value is -2.36. The van der Waals surface area contributed by atoms with Crippen molar-refractivity contribution >= 4 is 28.9 Å². The summed E-state index contributed by atoms with van der Waals surface area (Å²) < 4.78 is 11.0. The molecular weight excluding hydrogens is 369 g/mol. The van der Waals surface area contributed by atoms with Gasteiger partial charge >= 0.3 is 0 Å². The summed E-state index contributed by atoms with van der Waals surface area (Å²) in [6.07, 6.45) is 0. The van der Waals surface area contributed by atoms with E-state index in [1.54, 1.807) is 19.2 Å². The fraction of sp³-hybridized carbons (Fsp3) is 0.143. The third-order valence-corrected chi connectivity index (χ3v) is 4.51. The van der Waals surface area contributed by atoms with Crippen LogP contribution < -0.4 is 14.8 Å². The topological polar surface area (TPSA) is 30.5 Å². The Balaban J connectivity index is 1.52. The standard InChI is InChI=1S/C21H19Cl2NO2/c1-25-19-10-6-18(7-11-19)24-13-15-2-8-20(9-3-15)26-14-16-4-5-17(22)12-21(16)23/h2-12,24H,13-14H2,1H3. The molecule has 134 valence electrons. The number of hydrogen-bond acceptors (Lipinski definition) is 3. The molecule has 0 bridgehead atoms. The predicted octanol–water partition coefficient (Wildman–Crippen LogP) is 6.19. The number of methoxy groups -OCH3 is 1. The molecule has 0 saturated carbocycles. The molecule has 0 atom stereocenters. The van der Waals surface area contributed by atoms with E-state index in [0.717, 1.165) is 34.9 Å². The summed E-state index contributed by atoms with van der Waals surface area (Å²) in [6, 6.07) is 21.2. The molecule has 3 nitrogen and oxygen atoms in total. The van der Waals surface area contributed by atoms with Gasteiger partial charge in [0.1, 0.15) is 18.1 Å². The third kappa shape index (κ3) is 5.07. The molecule has 0 aliphatic carbocycles. The molecule has 3 rings (SSSR count). The molecule has 0 radical (unpaired) electrons. The summed E-state index contributed by atoms with van der Waals surface area (Å²) in [6.45, 7) is 1.13. The summed E-state index contributed by atoms with van der Waals surface area (Å²) in [5.41, 5.74) is 3.11. The fourth-order valence-corrected chi connectivity index (χ4v) is 2.88. The van der Waals surface area contributed by atoms with Crippen LogP contribution in [-0.2, 0) is 13.2 Å². The minimum absolute atomic E-state index is 0.402. The van der Waals surface area contributed by atoms with E-state index < -0.39 is 0 Å². The molecule has 3 aromatic rings. The van der Waals surface area contributed by atoms with Crippen molar-refractivity contribution in [1.82, 2.24) is 0 Å². The van der Waals surface area contributed by atoms with Crippen molar-refractivity contribution in [2.45, 2.75) is 13.2 Å². The zero-order valence-corrected chi connectivity index (χ0v) is 15.8. The average Bonchev–Trinajstić information content (AvgIpc) is 2.67. The van der Waals surface area contributed by atoms with Gasteiger partial charge in [0.2, 0.25) is 0 Å². The van der Waals surface area contributed by atoms with E-state index in [4.69, 9.17) is 32.7 Å². The maximum absolute atomic E-state index is 6.16. The van der Waals surface area contributed by atoms with Gasteiger partial charge in [-0.2, -0.15) is 0 Å². The highest BCUT2D eigenvalue weighted by molar-refractivity contribution is 6.35. The van der Waals surface area contributed by atoms with Crippen molar-refractivity contribution in [2.24, 2.45) is 0 Å². The molecule has 0 amide bonds. The second-order valence-corrected chi connectivity index (χ2v) is 6.59. The van der Waals surface area contributed by atoms with Crippen molar-refractivity contribution < 1.29 is 9.47 Å². The first-order valence-corrected chi connectivity index (χ1v) is 8.93. The molecule has 0 aromatic heterocycles. The molecule has 0 aliphatic rings. The van der Waals surface area contributed by atoms with E-state index in [2.05, 4.69) is 5.32 Å². The van der Waals surface area contributed by atoms with Gasteiger partial charge in [-0.25, -0.2) is 0 Å². The maximum atomic E-state index is 6.16. The Labute approximate surface area is 163 Å². The minimum atomic E-state index is 0.402. The van der Waals surface area contributed by atoms with Crippen molar-refractivity contribution in [1.29, 1.82) is 0 Å². The van der Waals surface area contributed by atoms with Gasteiger partial charge in [-0.3, -0.25) is 0 Å². The Morgan fingerprint density at radius 3 is 2.19 bits per heavy atom. The molecular formula is C21H19Cl2NO2. The number of hydrogen-bond donors (Lipinski definition) is 1. The smallest absolute Gasteiger partial charge is 0.119 e. The minimum Gasteiger partial charge on any atom is -0.497 e. The predicted molar refractivity (Wildman–Crippen MR) is 108 cm³/mol. The quantitative estimate of drug-likeness (QED) is 0.523. The molecule has 26 heavy (non-hydrogen) atoms. The SMILES string of the molecule is COc1ccc(NCc2ccc(OCc3ccc(Cl)cc3Cl)cc2)cc1. The van der Waals surface area contributed by atoms with Crippen LogP contribution >= 0.6 is 23.2 Å². The van der Waals surface area contributed by atoms with Crippen LogP contribution in [0, 0.1) is 0 Å². The number of halogens is 2. The fourth-order valence-electron chi connectivity index (χ4n) is 2.42. The van der Waals surface area contributed by atoms with Crippen molar-refractivity contribution in [3.8, 4) is 11.5 Å². The highest BCUT2D eigenvalue weighted by atomic mass is 35.5. The van der Waals surface area contributed by atoms with E-state index >= 15 is 0 Å². The van der Waals surface area contributed by atoms with Gasteiger partial charge < -0.3 is 14.8 Å². The van der Waals surface area contributed by atoms with Crippen LogP contribution in [0.5, 0.6) is 11.5 Å². The first-order chi connectivity index (χ1) is 12.6. The van der Waals surface area contributed by atoms with Gasteiger partial charge in [-0.15, -0.1) is 0 Å². The summed E-state index contributed by atoms with van der Waals surface area (Å²) in [5, 5.41) is 4.60. The van der Waals surface area contributed by atoms with Crippen LogP contribution in [0.25, 0.3) is 0 Å². The van der Waals surface area contributed by atoms with Crippen LogP contribution in [0.1, 0.15) is 11.1 Å². The molecule has 0 unspecified atom stereocenters. The average molecular weight is 388 g/mol. The lowest BCUT2D eigenvalue weighted by Crippen LogP contribution is -2.00. The maximum Gasteiger partial charge on any atom is 0.119 e. The Kier molecular flexibility index (Phi) is 6.26. The molecule has 0 saturated heterocycles. The largest absolute Gasteiger partial charge is 0.497 e. The number of nitrogens with one attached hydrogen (secondary N) is 1. The van der Waals surface area contributed by atoms with Crippen molar-refractivity contribution in [2.75, 3.05) is 12.4 Å². The molecule has 5 heteroatoms. The van der Waals surface area contributed by atoms with Gasteiger partial charge in [-0.05, 0) is 54.1 Å². The van der Waals surface area contributed by atoms with E-state index in [-0.39, 0.29) is 0 Å². The summed E-state index contributed by atoms with van der Waals surface area (Å²) in [4.78, 5) is 0. The number of ether oxygens (including phenoxy) is 2. The van der Waals surface area contributed by atoms with Gasteiger partial charge in [0.25, 0.3) is 0 Å². The lowest BCUT2D eigenvalue weighted by Gasteiger charge is -2.10. The Morgan fingerprint density at radius 1 is 0.846 bits per heavy atom. The molecule has 0 aliphatic heterocycles. The summed E-state index contributed by atoms with van der Waals surface area (Å²) in [5.74, 6) is 1.64. The Morgan fingerprint density at radius 2 is 1.54 bits per heavy atom. The second-order valence-electron chi connectivity index (χ2n) is 5.75. The highest BCUT2D eigenvalue weighted by Crippen LogP contribution is 2.23. The lowest BCUT2D eigenvalue weighted by molar-refractivity contribution is 0.306. The number of anilines is 1. The zero-order chi connectivity index (χ0) is 18.4. The lowest BCUT2D eigenvalue weighted by atomic mass is 10.2. The monoisotopic (exact) mass is 387 g/mol. The second kappa shape index (κ2) is 8.84. The first-order valence-electron chi connectivity index (χ1n) is 8.17. The van der Waals surface area contributed by atoms with E-state index in [1.807, 2.05) is 54.6 Å². The number of benzene rings is 3. The third-order valence-electron chi connectivity index (χ3n) is 3.92. The van der Waals surface area contributed by atoms with Crippen LogP contribution in [0.15, 0.2) is 66.7 Å². The van der Waals surface area contributed by atoms with E-state index in [1.165, 1.54) is 0 Å². The van der Waals surface area contributed by atoms with Gasteiger partial charge in [0.05, 0.1) is 7.11 Å². The molecule has 3 aromatic carbocycles. The highest BCUT2D eigenvalue weighted by Gasteiger charge is 2.03. The van der Waals surface area contributed by atoms with Gasteiger partial charge in [0, 0.05) is 27.8 Å². The van der Waals surface area contributed by atoms with E-state index in [9.17, 15) is 0 Å². The molecule has 0 spiro atoms. The van der Waals surface area contributed by atoms with Crippen LogP contribution in [0.3, 0.4) is 0 Å². The van der Waals surface area contributed by atoms with Crippen LogP contribution in [-0.4, -0.2) is 7.11 Å². The zero-order valence-electron chi connectivity index (χ0n) is 14.3. The summed E-state index contributed by atoms with van der Waals surface area (Å²) >= 11 is 12.1. The first kappa shape index (κ1) is 18.4. The molecule has 1 N–H and O–H groups in total. The summed E-state index contributed by atoms with van der Waals surface area (Å²) in [7, 11) is 1.66. The van der Waals surface area contributed by atoms with Gasteiger partial charge in [0.15, 0.2) is 0 Å². The normalized spacial score (nSPS) is 10.4. The van der Waals surface area contributed by atoms with Crippen molar-refractivity contribution in [3.63, 3.8) is 0 Å². The Bertz CT molecular complexity index is 849. The van der Waals surface area contributed by atoms with Crippen molar-refractivity contribution in [3.05, 3.63) is 87.9 Å².